The third-order valence-corrected chi connectivity index (χ3v) is 4.33. The van der Waals surface area contributed by atoms with Crippen molar-refractivity contribution in [1.82, 2.24) is 14.9 Å². The second-order valence-electron chi connectivity index (χ2n) is 5.15. The van der Waals surface area contributed by atoms with Crippen molar-refractivity contribution in [2.75, 3.05) is 38.2 Å². The number of methoxy groups -OCH3 is 1. The van der Waals surface area contributed by atoms with E-state index in [-0.39, 0.29) is 0 Å². The molecule has 5 nitrogen and oxygen atoms in total. The van der Waals surface area contributed by atoms with E-state index in [0.29, 0.717) is 16.9 Å². The third kappa shape index (κ3) is 2.49. The van der Waals surface area contributed by atoms with Gasteiger partial charge in [0.1, 0.15) is 6.33 Å². The van der Waals surface area contributed by atoms with E-state index in [4.69, 9.17) is 16.3 Å². The van der Waals surface area contributed by atoms with Crippen molar-refractivity contribution >= 4 is 17.4 Å². The van der Waals surface area contributed by atoms with Crippen molar-refractivity contribution in [3.05, 3.63) is 11.5 Å². The van der Waals surface area contributed by atoms with E-state index < -0.39 is 0 Å². The molecular formula is C13H19ClN4O. The highest BCUT2D eigenvalue weighted by atomic mass is 35.5. The standard InChI is InChI=1S/C13H19ClN4O/c1-19-11-12(14)15-9-16-13(11)18-7-4-10(8-18)17-5-2-3-6-17/h9-10H,2-8H2,1H3. The van der Waals surface area contributed by atoms with E-state index in [1.54, 1.807) is 7.11 Å². The lowest BCUT2D eigenvalue weighted by molar-refractivity contribution is 0.260. The monoisotopic (exact) mass is 282 g/mol. The molecule has 2 saturated heterocycles. The number of halogens is 1. The molecule has 1 aromatic heterocycles. The van der Waals surface area contributed by atoms with Gasteiger partial charge in [-0.05, 0) is 32.4 Å². The summed E-state index contributed by atoms with van der Waals surface area (Å²) in [4.78, 5) is 13.2. The molecule has 6 heteroatoms. The molecule has 1 aromatic rings. The number of rotatable bonds is 3. The Morgan fingerprint density at radius 3 is 2.79 bits per heavy atom. The third-order valence-electron chi connectivity index (χ3n) is 4.07. The van der Waals surface area contributed by atoms with Gasteiger partial charge in [0.15, 0.2) is 16.7 Å². The van der Waals surface area contributed by atoms with Crippen molar-refractivity contribution in [1.29, 1.82) is 0 Å². The van der Waals surface area contributed by atoms with E-state index in [2.05, 4.69) is 19.8 Å². The molecule has 3 rings (SSSR count). The zero-order valence-electron chi connectivity index (χ0n) is 11.2. The maximum absolute atomic E-state index is 6.06. The summed E-state index contributed by atoms with van der Waals surface area (Å²) in [6.07, 6.45) is 5.35. The van der Waals surface area contributed by atoms with Crippen molar-refractivity contribution in [2.45, 2.75) is 25.3 Å². The number of ether oxygens (including phenoxy) is 1. The summed E-state index contributed by atoms with van der Waals surface area (Å²) in [5.41, 5.74) is 0. The Kier molecular flexibility index (Phi) is 3.75. The van der Waals surface area contributed by atoms with Crippen molar-refractivity contribution < 1.29 is 4.74 Å². The number of hydrogen-bond acceptors (Lipinski definition) is 5. The molecule has 3 heterocycles. The zero-order chi connectivity index (χ0) is 13.2. The van der Waals surface area contributed by atoms with Crippen LogP contribution < -0.4 is 9.64 Å². The molecule has 0 saturated carbocycles. The fourth-order valence-corrected chi connectivity index (χ4v) is 3.29. The Bertz CT molecular complexity index is 450. The molecule has 0 spiro atoms. The van der Waals surface area contributed by atoms with Gasteiger partial charge in [-0.3, -0.25) is 4.90 Å². The fourth-order valence-electron chi connectivity index (χ4n) is 3.08. The van der Waals surface area contributed by atoms with Crippen LogP contribution in [-0.2, 0) is 0 Å². The molecule has 1 unspecified atom stereocenters. The highest BCUT2D eigenvalue weighted by Gasteiger charge is 2.31. The predicted octanol–water partition coefficient (Wildman–Crippen LogP) is 1.81. The summed E-state index contributed by atoms with van der Waals surface area (Å²) in [6, 6.07) is 0.640. The van der Waals surface area contributed by atoms with E-state index in [1.165, 1.54) is 38.7 Å². The van der Waals surface area contributed by atoms with Crippen LogP contribution in [0.5, 0.6) is 5.75 Å². The fraction of sp³-hybridized carbons (Fsp3) is 0.692. The van der Waals surface area contributed by atoms with Gasteiger partial charge in [0, 0.05) is 19.1 Å². The molecule has 2 aliphatic heterocycles. The average Bonchev–Trinajstić information content (AvgIpc) is 3.09. The van der Waals surface area contributed by atoms with Crippen molar-refractivity contribution in [3.8, 4) is 5.75 Å². The number of anilines is 1. The molecule has 0 aliphatic carbocycles. The highest BCUT2D eigenvalue weighted by Crippen LogP contribution is 2.34. The molecule has 0 aromatic carbocycles. The summed E-state index contributed by atoms with van der Waals surface area (Å²) in [5, 5.41) is 0.386. The van der Waals surface area contributed by atoms with Gasteiger partial charge in [-0.15, -0.1) is 0 Å². The summed E-state index contributed by atoms with van der Waals surface area (Å²) in [6.45, 7) is 4.48. The summed E-state index contributed by atoms with van der Waals surface area (Å²) in [7, 11) is 1.61. The van der Waals surface area contributed by atoms with Crippen LogP contribution in [0, 0.1) is 0 Å². The van der Waals surface area contributed by atoms with Crippen molar-refractivity contribution in [3.63, 3.8) is 0 Å². The van der Waals surface area contributed by atoms with Crippen molar-refractivity contribution in [2.24, 2.45) is 0 Å². The van der Waals surface area contributed by atoms with Crippen LogP contribution in [0.1, 0.15) is 19.3 Å². The van der Waals surface area contributed by atoms with Gasteiger partial charge < -0.3 is 9.64 Å². The Balaban J connectivity index is 1.75. The van der Waals surface area contributed by atoms with Gasteiger partial charge in [-0.25, -0.2) is 9.97 Å². The number of aromatic nitrogens is 2. The first kappa shape index (κ1) is 12.9. The Labute approximate surface area is 118 Å². The first-order valence-electron chi connectivity index (χ1n) is 6.83. The second kappa shape index (κ2) is 5.51. The molecule has 1 atom stereocenters. The van der Waals surface area contributed by atoms with Crippen LogP contribution in [0.15, 0.2) is 6.33 Å². The average molecular weight is 283 g/mol. The molecular weight excluding hydrogens is 264 g/mol. The first-order valence-corrected chi connectivity index (χ1v) is 7.21. The maximum Gasteiger partial charge on any atom is 0.199 e. The van der Waals surface area contributed by atoms with E-state index in [9.17, 15) is 0 Å². The number of hydrogen-bond donors (Lipinski definition) is 0. The van der Waals surface area contributed by atoms with Gasteiger partial charge in [0.25, 0.3) is 0 Å². The van der Waals surface area contributed by atoms with E-state index in [0.717, 1.165) is 18.9 Å². The SMILES string of the molecule is COc1c(Cl)ncnc1N1CCC(N2CCCC2)C1. The topological polar surface area (TPSA) is 41.5 Å². The summed E-state index contributed by atoms with van der Waals surface area (Å²) in [5.74, 6) is 1.41. The molecule has 2 aliphatic rings. The quantitative estimate of drug-likeness (QED) is 0.791. The van der Waals surface area contributed by atoms with Crippen LogP contribution >= 0.6 is 11.6 Å². The number of nitrogens with zero attached hydrogens (tertiary/aromatic N) is 4. The lowest BCUT2D eigenvalue weighted by Gasteiger charge is -2.24. The Morgan fingerprint density at radius 1 is 1.26 bits per heavy atom. The molecule has 0 N–H and O–H groups in total. The minimum atomic E-state index is 0.386. The molecule has 2 fully saturated rings. The van der Waals surface area contributed by atoms with E-state index >= 15 is 0 Å². The largest absolute Gasteiger partial charge is 0.490 e. The zero-order valence-corrected chi connectivity index (χ0v) is 11.9. The molecule has 104 valence electrons. The predicted molar refractivity (Wildman–Crippen MR) is 75.0 cm³/mol. The van der Waals surface area contributed by atoms with Gasteiger partial charge in [-0.2, -0.15) is 0 Å². The maximum atomic E-state index is 6.06. The molecule has 0 radical (unpaired) electrons. The minimum absolute atomic E-state index is 0.386. The van der Waals surface area contributed by atoms with E-state index in [1.807, 2.05) is 0 Å². The Hall–Kier alpha value is -1.07. The van der Waals surface area contributed by atoms with Gasteiger partial charge in [-0.1, -0.05) is 11.6 Å². The smallest absolute Gasteiger partial charge is 0.199 e. The lowest BCUT2D eigenvalue weighted by Crippen LogP contribution is -2.35. The molecule has 0 amide bonds. The second-order valence-corrected chi connectivity index (χ2v) is 5.51. The van der Waals surface area contributed by atoms with Gasteiger partial charge >= 0.3 is 0 Å². The van der Waals surface area contributed by atoms with Crippen LogP contribution in [-0.4, -0.2) is 54.2 Å². The molecule has 19 heavy (non-hydrogen) atoms. The Morgan fingerprint density at radius 2 is 2.05 bits per heavy atom. The van der Waals surface area contributed by atoms with Crippen LogP contribution in [0.2, 0.25) is 5.15 Å². The summed E-state index contributed by atoms with van der Waals surface area (Å²) < 4.78 is 5.34. The van der Waals surface area contributed by atoms with Crippen LogP contribution in [0.4, 0.5) is 5.82 Å². The lowest BCUT2D eigenvalue weighted by atomic mass is 10.2. The normalized spacial score (nSPS) is 24.1. The minimum Gasteiger partial charge on any atom is -0.490 e. The first-order chi connectivity index (χ1) is 9.29. The van der Waals surface area contributed by atoms with Crippen LogP contribution in [0.3, 0.4) is 0 Å². The molecule has 0 bridgehead atoms. The van der Waals surface area contributed by atoms with Gasteiger partial charge in [0.05, 0.1) is 7.11 Å². The van der Waals surface area contributed by atoms with Gasteiger partial charge in [0.2, 0.25) is 0 Å². The summed E-state index contributed by atoms with van der Waals surface area (Å²) >= 11 is 6.06. The highest BCUT2D eigenvalue weighted by molar-refractivity contribution is 6.31. The number of likely N-dealkylation sites (tertiary alicyclic amines) is 1. The van der Waals surface area contributed by atoms with Crippen LogP contribution in [0.25, 0.3) is 0 Å².